The summed E-state index contributed by atoms with van der Waals surface area (Å²) in [5.41, 5.74) is 1.03. The molecule has 0 saturated carbocycles. The summed E-state index contributed by atoms with van der Waals surface area (Å²) < 4.78 is 5.24. The zero-order valence-electron chi connectivity index (χ0n) is 8.86. The monoisotopic (exact) mass is 210 g/mol. The SMILES string of the molecule is Cc1cc2c(ccc3ccccc32)oc1=O. The highest BCUT2D eigenvalue weighted by atomic mass is 16.4. The van der Waals surface area contributed by atoms with Gasteiger partial charge in [-0.15, -0.1) is 0 Å². The average Bonchev–Trinajstić information content (AvgIpc) is 2.31. The van der Waals surface area contributed by atoms with E-state index < -0.39 is 0 Å². The molecule has 78 valence electrons. The minimum atomic E-state index is -0.261. The van der Waals surface area contributed by atoms with Crippen LogP contribution in [-0.2, 0) is 0 Å². The third kappa shape index (κ3) is 1.23. The fraction of sp³-hybridized carbons (Fsp3) is 0.0714. The second-order valence-corrected chi connectivity index (χ2v) is 3.92. The predicted octanol–water partition coefficient (Wildman–Crippen LogP) is 3.25. The summed E-state index contributed by atoms with van der Waals surface area (Å²) in [6.45, 7) is 1.77. The van der Waals surface area contributed by atoms with Crippen LogP contribution in [0.15, 0.2) is 51.7 Å². The van der Waals surface area contributed by atoms with Crippen LogP contribution in [0.4, 0.5) is 0 Å². The van der Waals surface area contributed by atoms with Crippen molar-refractivity contribution in [1.29, 1.82) is 0 Å². The summed E-state index contributed by atoms with van der Waals surface area (Å²) in [7, 11) is 0. The molecule has 2 nitrogen and oxygen atoms in total. The lowest BCUT2D eigenvalue weighted by Gasteiger charge is -2.02. The number of aryl methyl sites for hydroxylation is 1. The maximum atomic E-state index is 11.4. The quantitative estimate of drug-likeness (QED) is 0.421. The van der Waals surface area contributed by atoms with Gasteiger partial charge in [0.05, 0.1) is 0 Å². The lowest BCUT2D eigenvalue weighted by atomic mass is 10.1. The van der Waals surface area contributed by atoms with E-state index in [9.17, 15) is 4.79 Å². The first-order valence-corrected chi connectivity index (χ1v) is 5.18. The van der Waals surface area contributed by atoms with Crippen molar-refractivity contribution >= 4 is 21.7 Å². The number of benzene rings is 2. The first-order valence-electron chi connectivity index (χ1n) is 5.18. The van der Waals surface area contributed by atoms with Crippen LogP contribution in [0.2, 0.25) is 0 Å². The Bertz CT molecular complexity index is 738. The van der Waals surface area contributed by atoms with E-state index >= 15 is 0 Å². The minimum absolute atomic E-state index is 0.261. The highest BCUT2D eigenvalue weighted by Gasteiger charge is 2.04. The molecule has 0 spiro atoms. The molecule has 0 N–H and O–H groups in total. The van der Waals surface area contributed by atoms with Crippen LogP contribution >= 0.6 is 0 Å². The molecule has 0 fully saturated rings. The molecule has 3 aromatic rings. The fourth-order valence-corrected chi connectivity index (χ4v) is 1.97. The van der Waals surface area contributed by atoms with E-state index in [0.29, 0.717) is 11.1 Å². The van der Waals surface area contributed by atoms with E-state index in [0.717, 1.165) is 16.2 Å². The van der Waals surface area contributed by atoms with Crippen molar-refractivity contribution in [1.82, 2.24) is 0 Å². The van der Waals surface area contributed by atoms with Crippen molar-refractivity contribution < 1.29 is 4.42 Å². The molecule has 0 atom stereocenters. The molecule has 0 aliphatic rings. The van der Waals surface area contributed by atoms with E-state index in [2.05, 4.69) is 6.07 Å². The van der Waals surface area contributed by atoms with E-state index in [1.54, 1.807) is 6.92 Å². The van der Waals surface area contributed by atoms with Crippen LogP contribution in [0.25, 0.3) is 21.7 Å². The van der Waals surface area contributed by atoms with Gasteiger partial charge in [-0.05, 0) is 29.8 Å². The van der Waals surface area contributed by atoms with Gasteiger partial charge in [-0.25, -0.2) is 4.79 Å². The zero-order chi connectivity index (χ0) is 11.1. The Balaban J connectivity index is 2.60. The van der Waals surface area contributed by atoms with Crippen molar-refractivity contribution in [3.63, 3.8) is 0 Å². The van der Waals surface area contributed by atoms with Gasteiger partial charge in [-0.3, -0.25) is 0 Å². The zero-order valence-corrected chi connectivity index (χ0v) is 8.86. The van der Waals surface area contributed by atoms with Crippen molar-refractivity contribution in [3.05, 3.63) is 58.4 Å². The van der Waals surface area contributed by atoms with Crippen molar-refractivity contribution in [2.45, 2.75) is 6.92 Å². The van der Waals surface area contributed by atoms with Gasteiger partial charge in [0.2, 0.25) is 0 Å². The van der Waals surface area contributed by atoms with E-state index in [-0.39, 0.29) is 5.63 Å². The summed E-state index contributed by atoms with van der Waals surface area (Å²) in [4.78, 5) is 11.4. The van der Waals surface area contributed by atoms with Crippen molar-refractivity contribution in [3.8, 4) is 0 Å². The molecule has 0 saturated heterocycles. The van der Waals surface area contributed by atoms with E-state index in [4.69, 9.17) is 4.42 Å². The third-order valence-corrected chi connectivity index (χ3v) is 2.82. The van der Waals surface area contributed by atoms with Crippen LogP contribution in [0, 0.1) is 6.92 Å². The molecule has 2 heteroatoms. The first-order chi connectivity index (χ1) is 7.75. The Morgan fingerprint density at radius 3 is 2.69 bits per heavy atom. The number of rotatable bonds is 0. The summed E-state index contributed by atoms with van der Waals surface area (Å²) >= 11 is 0. The van der Waals surface area contributed by atoms with Crippen LogP contribution in [0.5, 0.6) is 0 Å². The molecule has 1 heterocycles. The average molecular weight is 210 g/mol. The first kappa shape index (κ1) is 9.16. The Kier molecular flexibility index (Phi) is 1.83. The van der Waals surface area contributed by atoms with Crippen LogP contribution in [-0.4, -0.2) is 0 Å². The van der Waals surface area contributed by atoms with Gasteiger partial charge < -0.3 is 4.42 Å². The molecule has 0 amide bonds. The Labute approximate surface area is 92.1 Å². The van der Waals surface area contributed by atoms with Crippen LogP contribution < -0.4 is 5.63 Å². The summed E-state index contributed by atoms with van der Waals surface area (Å²) in [5.74, 6) is 0. The van der Waals surface area contributed by atoms with Gasteiger partial charge >= 0.3 is 5.63 Å². The predicted molar refractivity (Wildman–Crippen MR) is 64.7 cm³/mol. The Hall–Kier alpha value is -2.09. The third-order valence-electron chi connectivity index (χ3n) is 2.82. The molecule has 3 rings (SSSR count). The largest absolute Gasteiger partial charge is 0.423 e. The fourth-order valence-electron chi connectivity index (χ4n) is 1.97. The smallest absolute Gasteiger partial charge is 0.339 e. The van der Waals surface area contributed by atoms with Gasteiger partial charge in [0.25, 0.3) is 0 Å². The van der Waals surface area contributed by atoms with Crippen molar-refractivity contribution in [2.24, 2.45) is 0 Å². The molecule has 2 aromatic carbocycles. The summed E-state index contributed by atoms with van der Waals surface area (Å²) in [6.07, 6.45) is 0. The standard InChI is InChI=1S/C14H10O2/c1-9-8-12-11-5-3-2-4-10(11)6-7-13(12)16-14(9)15/h2-8H,1H3. The van der Waals surface area contributed by atoms with E-state index in [1.807, 2.05) is 36.4 Å². The maximum Gasteiger partial charge on any atom is 0.339 e. The highest BCUT2D eigenvalue weighted by molar-refractivity contribution is 6.05. The molecule has 0 aliphatic carbocycles. The van der Waals surface area contributed by atoms with Crippen LogP contribution in [0.3, 0.4) is 0 Å². The van der Waals surface area contributed by atoms with Gasteiger partial charge in [0.15, 0.2) is 0 Å². The molecule has 0 bridgehead atoms. The highest BCUT2D eigenvalue weighted by Crippen LogP contribution is 2.24. The van der Waals surface area contributed by atoms with E-state index in [1.165, 1.54) is 0 Å². The maximum absolute atomic E-state index is 11.4. The Morgan fingerprint density at radius 1 is 1.00 bits per heavy atom. The molecule has 1 aromatic heterocycles. The number of fused-ring (bicyclic) bond motifs is 3. The molecule has 0 radical (unpaired) electrons. The number of hydrogen-bond acceptors (Lipinski definition) is 2. The molecular weight excluding hydrogens is 200 g/mol. The van der Waals surface area contributed by atoms with Gasteiger partial charge in [-0.1, -0.05) is 30.3 Å². The van der Waals surface area contributed by atoms with Crippen molar-refractivity contribution in [2.75, 3.05) is 0 Å². The normalized spacial score (nSPS) is 11.1. The molecule has 0 unspecified atom stereocenters. The Morgan fingerprint density at radius 2 is 1.81 bits per heavy atom. The summed E-state index contributed by atoms with van der Waals surface area (Å²) in [5, 5.41) is 3.27. The minimum Gasteiger partial charge on any atom is -0.423 e. The van der Waals surface area contributed by atoms with Crippen LogP contribution in [0.1, 0.15) is 5.56 Å². The molecular formula is C14H10O2. The molecule has 0 aliphatic heterocycles. The van der Waals surface area contributed by atoms with Gasteiger partial charge in [0.1, 0.15) is 5.58 Å². The second kappa shape index (κ2) is 3.20. The lowest BCUT2D eigenvalue weighted by molar-refractivity contribution is 0.555. The second-order valence-electron chi connectivity index (χ2n) is 3.92. The molecule has 16 heavy (non-hydrogen) atoms. The topological polar surface area (TPSA) is 30.2 Å². The lowest BCUT2D eigenvalue weighted by Crippen LogP contribution is -2.01. The van der Waals surface area contributed by atoms with Gasteiger partial charge in [-0.2, -0.15) is 0 Å². The number of hydrogen-bond donors (Lipinski definition) is 0. The van der Waals surface area contributed by atoms with Gasteiger partial charge in [0, 0.05) is 10.9 Å². The summed E-state index contributed by atoms with van der Waals surface area (Å²) in [6, 6.07) is 13.8.